The quantitative estimate of drug-likeness (QED) is 0.780. The van der Waals surface area contributed by atoms with Crippen molar-refractivity contribution < 1.29 is 19.0 Å². The largest absolute Gasteiger partial charge is 0.454 e. The molecule has 1 fully saturated rings. The third-order valence-corrected chi connectivity index (χ3v) is 6.87. The number of nitrogens with zero attached hydrogens (tertiary/aromatic N) is 1. The first-order chi connectivity index (χ1) is 13.9. The van der Waals surface area contributed by atoms with Gasteiger partial charge < -0.3 is 19.5 Å². The van der Waals surface area contributed by atoms with Crippen LogP contribution in [0.15, 0.2) is 23.0 Å². The van der Waals surface area contributed by atoms with Gasteiger partial charge in [0.15, 0.2) is 11.5 Å². The number of rotatable bonds is 2. The first-order valence-corrected chi connectivity index (χ1v) is 10.8. The van der Waals surface area contributed by atoms with Gasteiger partial charge in [0.25, 0.3) is 5.56 Å². The number of amides is 1. The van der Waals surface area contributed by atoms with Gasteiger partial charge in [-0.25, -0.2) is 0 Å². The van der Waals surface area contributed by atoms with E-state index < -0.39 is 0 Å². The molecule has 0 saturated carbocycles. The van der Waals surface area contributed by atoms with Crippen LogP contribution in [-0.4, -0.2) is 40.4 Å². The van der Waals surface area contributed by atoms with Gasteiger partial charge in [0, 0.05) is 6.61 Å². The van der Waals surface area contributed by atoms with Crippen LogP contribution in [0, 0.1) is 0 Å². The van der Waals surface area contributed by atoms with Gasteiger partial charge in [0.2, 0.25) is 12.7 Å². The molecule has 29 heavy (non-hydrogen) atoms. The molecule has 2 aromatic rings. The predicted molar refractivity (Wildman–Crippen MR) is 109 cm³/mol. The number of H-pyrrole nitrogens is 1. The number of fused-ring (bicyclic) bond motifs is 2. The second-order valence-electron chi connectivity index (χ2n) is 8.18. The Labute approximate surface area is 171 Å². The number of hydrogen-bond donors (Lipinski definition) is 2. The standard InChI is InChI=1S/C20H23N3O5S/c1-20(2)8-12(5-6-28-20)23-18-16(19(25)22-23)17(29-9-15(24)21-18)11-3-4-13-14(7-11)27-10-26-13/h3-4,7,12,17H,5-6,8-10H2,1-2H3,(H,21,24)(H,22,25). The highest BCUT2D eigenvalue weighted by Crippen LogP contribution is 2.44. The van der Waals surface area contributed by atoms with E-state index in [1.807, 2.05) is 36.7 Å². The van der Waals surface area contributed by atoms with E-state index in [0.29, 0.717) is 29.5 Å². The van der Waals surface area contributed by atoms with Crippen molar-refractivity contribution in [2.45, 2.75) is 43.6 Å². The summed E-state index contributed by atoms with van der Waals surface area (Å²) in [6.07, 6.45) is 1.53. The van der Waals surface area contributed by atoms with Gasteiger partial charge in [-0.05, 0) is 44.4 Å². The number of thioether (sulfide) groups is 1. The molecular formula is C20H23N3O5S. The van der Waals surface area contributed by atoms with E-state index in [-0.39, 0.29) is 40.9 Å². The van der Waals surface area contributed by atoms with Gasteiger partial charge in [0.05, 0.1) is 28.2 Å². The minimum Gasteiger partial charge on any atom is -0.454 e. The van der Waals surface area contributed by atoms with Crippen molar-refractivity contribution in [3.63, 3.8) is 0 Å². The summed E-state index contributed by atoms with van der Waals surface area (Å²) in [5, 5.41) is 5.67. The van der Waals surface area contributed by atoms with Crippen molar-refractivity contribution in [2.24, 2.45) is 0 Å². The van der Waals surface area contributed by atoms with Crippen LogP contribution in [0.1, 0.15) is 49.1 Å². The summed E-state index contributed by atoms with van der Waals surface area (Å²) in [5.41, 5.74) is 1.02. The van der Waals surface area contributed by atoms with E-state index in [1.165, 1.54) is 11.8 Å². The smallest absolute Gasteiger partial charge is 0.270 e. The molecule has 154 valence electrons. The lowest BCUT2D eigenvalue weighted by Crippen LogP contribution is -2.36. The average Bonchev–Trinajstić information content (AvgIpc) is 3.21. The minimum absolute atomic E-state index is 0.0519. The van der Waals surface area contributed by atoms with Gasteiger partial charge >= 0.3 is 0 Å². The number of aromatic nitrogens is 2. The number of anilines is 1. The molecule has 1 amide bonds. The Morgan fingerprint density at radius 1 is 1.21 bits per heavy atom. The van der Waals surface area contributed by atoms with E-state index in [4.69, 9.17) is 14.2 Å². The van der Waals surface area contributed by atoms with Gasteiger partial charge in [-0.15, -0.1) is 11.8 Å². The van der Waals surface area contributed by atoms with Crippen LogP contribution in [0.5, 0.6) is 11.5 Å². The summed E-state index contributed by atoms with van der Waals surface area (Å²) in [4.78, 5) is 25.5. The summed E-state index contributed by atoms with van der Waals surface area (Å²) in [6.45, 7) is 4.89. The Bertz CT molecular complexity index is 1030. The molecule has 0 radical (unpaired) electrons. The molecule has 9 heteroatoms. The second kappa shape index (κ2) is 6.84. The molecule has 5 rings (SSSR count). The molecule has 2 atom stereocenters. The fourth-order valence-electron chi connectivity index (χ4n) is 4.28. The van der Waals surface area contributed by atoms with E-state index in [9.17, 15) is 9.59 Å². The molecule has 0 spiro atoms. The number of hydrogen-bond acceptors (Lipinski definition) is 6. The van der Waals surface area contributed by atoms with Crippen molar-refractivity contribution in [1.82, 2.24) is 9.78 Å². The lowest BCUT2D eigenvalue weighted by Gasteiger charge is -2.36. The molecule has 8 nitrogen and oxygen atoms in total. The highest BCUT2D eigenvalue weighted by atomic mass is 32.2. The maximum atomic E-state index is 13.0. The van der Waals surface area contributed by atoms with E-state index in [2.05, 4.69) is 10.4 Å². The van der Waals surface area contributed by atoms with Crippen molar-refractivity contribution in [2.75, 3.05) is 24.5 Å². The van der Waals surface area contributed by atoms with Crippen molar-refractivity contribution >= 4 is 23.5 Å². The van der Waals surface area contributed by atoms with Crippen LogP contribution in [0.3, 0.4) is 0 Å². The lowest BCUT2D eigenvalue weighted by molar-refractivity contribution is -0.113. The molecule has 0 aliphatic carbocycles. The van der Waals surface area contributed by atoms with Gasteiger partial charge in [-0.2, -0.15) is 0 Å². The highest BCUT2D eigenvalue weighted by molar-refractivity contribution is 8.00. The predicted octanol–water partition coefficient (Wildman–Crippen LogP) is 2.81. The van der Waals surface area contributed by atoms with Crippen LogP contribution < -0.4 is 20.3 Å². The fraction of sp³-hybridized carbons (Fsp3) is 0.500. The molecule has 2 unspecified atom stereocenters. The highest BCUT2D eigenvalue weighted by Gasteiger charge is 2.36. The Morgan fingerprint density at radius 2 is 2.03 bits per heavy atom. The van der Waals surface area contributed by atoms with Crippen molar-refractivity contribution in [1.29, 1.82) is 0 Å². The van der Waals surface area contributed by atoms with E-state index in [1.54, 1.807) is 0 Å². The van der Waals surface area contributed by atoms with Gasteiger partial charge in [-0.1, -0.05) is 6.07 Å². The van der Waals surface area contributed by atoms with E-state index >= 15 is 0 Å². The Hall–Kier alpha value is -2.39. The maximum Gasteiger partial charge on any atom is 0.270 e. The second-order valence-corrected chi connectivity index (χ2v) is 9.27. The number of ether oxygens (including phenoxy) is 3. The number of carbonyl (C=O) groups is 1. The zero-order chi connectivity index (χ0) is 20.2. The number of aromatic amines is 1. The monoisotopic (exact) mass is 417 g/mol. The SMILES string of the molecule is CC1(C)CC(n2[nH]c(=O)c3c2NC(=O)CSC3c2ccc3c(c2)OCO3)CCO1. The minimum atomic E-state index is -0.281. The van der Waals surface area contributed by atoms with Crippen molar-refractivity contribution in [3.05, 3.63) is 39.7 Å². The van der Waals surface area contributed by atoms with Gasteiger partial charge in [-0.3, -0.25) is 19.4 Å². The summed E-state index contributed by atoms with van der Waals surface area (Å²) in [6, 6.07) is 5.73. The first-order valence-electron chi connectivity index (χ1n) is 9.71. The molecule has 1 aromatic carbocycles. The van der Waals surface area contributed by atoms with Crippen LogP contribution in [0.2, 0.25) is 0 Å². The first kappa shape index (κ1) is 18.6. The zero-order valence-corrected chi connectivity index (χ0v) is 17.1. The van der Waals surface area contributed by atoms with Crippen LogP contribution in [0.4, 0.5) is 5.82 Å². The summed E-state index contributed by atoms with van der Waals surface area (Å²) < 4.78 is 18.6. The van der Waals surface area contributed by atoms with Crippen LogP contribution in [0.25, 0.3) is 0 Å². The summed E-state index contributed by atoms with van der Waals surface area (Å²) in [7, 11) is 0. The Morgan fingerprint density at radius 3 is 2.86 bits per heavy atom. The summed E-state index contributed by atoms with van der Waals surface area (Å²) in [5.74, 6) is 2.08. The third kappa shape index (κ3) is 3.32. The molecule has 2 N–H and O–H groups in total. The third-order valence-electron chi connectivity index (χ3n) is 5.60. The molecule has 1 saturated heterocycles. The lowest BCUT2D eigenvalue weighted by atomic mass is 9.94. The average molecular weight is 417 g/mol. The van der Waals surface area contributed by atoms with E-state index in [0.717, 1.165) is 18.4 Å². The molecule has 3 aliphatic heterocycles. The molecular weight excluding hydrogens is 394 g/mol. The molecule has 0 bridgehead atoms. The maximum absolute atomic E-state index is 13.0. The Kier molecular flexibility index (Phi) is 4.40. The molecule has 1 aromatic heterocycles. The van der Waals surface area contributed by atoms with Crippen molar-refractivity contribution in [3.8, 4) is 11.5 Å². The number of nitrogens with one attached hydrogen (secondary N) is 2. The number of benzene rings is 1. The summed E-state index contributed by atoms with van der Waals surface area (Å²) >= 11 is 1.44. The van der Waals surface area contributed by atoms with Gasteiger partial charge in [0.1, 0.15) is 5.82 Å². The van der Waals surface area contributed by atoms with Crippen LogP contribution >= 0.6 is 11.8 Å². The normalized spacial score (nSPS) is 25.2. The fourth-order valence-corrected chi connectivity index (χ4v) is 5.39. The molecule has 3 aliphatic rings. The Balaban J connectivity index is 1.59. The number of carbonyl (C=O) groups excluding carboxylic acids is 1. The van der Waals surface area contributed by atoms with Crippen LogP contribution in [-0.2, 0) is 9.53 Å². The zero-order valence-electron chi connectivity index (χ0n) is 16.3. The topological polar surface area (TPSA) is 94.6 Å². The molecule has 4 heterocycles.